The third kappa shape index (κ3) is 2.76. The van der Waals surface area contributed by atoms with Crippen LogP contribution in [0, 0.1) is 22.7 Å². The van der Waals surface area contributed by atoms with E-state index in [9.17, 15) is 0 Å². The third-order valence-electron chi connectivity index (χ3n) is 2.85. The molecule has 0 amide bonds. The first-order valence-electron chi connectivity index (χ1n) is 6.22. The number of hydrogen-bond acceptors (Lipinski definition) is 5. The molecule has 2 rings (SSSR count). The van der Waals surface area contributed by atoms with Gasteiger partial charge in [-0.15, -0.1) is 0 Å². The number of benzene rings is 1. The molecule has 20 heavy (non-hydrogen) atoms. The van der Waals surface area contributed by atoms with Crippen LogP contribution in [0.2, 0.25) is 0 Å². The lowest BCUT2D eigenvalue weighted by Gasteiger charge is -2.11. The Morgan fingerprint density at radius 1 is 1.25 bits per heavy atom. The molecule has 0 saturated carbocycles. The molecule has 0 aliphatic rings. The van der Waals surface area contributed by atoms with Gasteiger partial charge < -0.3 is 5.32 Å². The molecular weight excluding hydrogens is 252 g/mol. The SMILES string of the molecule is CC(C)n1ncnc1CNc1ccc(C#N)c(C#N)c1. The molecule has 1 aromatic heterocycles. The minimum Gasteiger partial charge on any atom is -0.378 e. The van der Waals surface area contributed by atoms with E-state index in [-0.39, 0.29) is 6.04 Å². The van der Waals surface area contributed by atoms with Crippen LogP contribution in [0.5, 0.6) is 0 Å². The molecule has 0 bridgehead atoms. The number of hydrogen-bond donors (Lipinski definition) is 1. The summed E-state index contributed by atoms with van der Waals surface area (Å²) in [7, 11) is 0. The second-order valence-corrected chi connectivity index (χ2v) is 4.55. The van der Waals surface area contributed by atoms with Gasteiger partial charge >= 0.3 is 0 Å². The van der Waals surface area contributed by atoms with E-state index in [2.05, 4.69) is 15.4 Å². The molecule has 0 saturated heterocycles. The maximum atomic E-state index is 8.99. The zero-order valence-corrected chi connectivity index (χ0v) is 11.3. The van der Waals surface area contributed by atoms with E-state index in [4.69, 9.17) is 10.5 Å². The first-order chi connectivity index (χ1) is 9.65. The lowest BCUT2D eigenvalue weighted by Crippen LogP contribution is -2.12. The Morgan fingerprint density at radius 3 is 2.65 bits per heavy atom. The molecule has 1 N–H and O–H groups in total. The normalized spacial score (nSPS) is 10.1. The molecule has 6 heteroatoms. The molecule has 0 aliphatic heterocycles. The molecule has 0 atom stereocenters. The molecule has 0 radical (unpaired) electrons. The van der Waals surface area contributed by atoms with E-state index >= 15 is 0 Å². The smallest absolute Gasteiger partial charge is 0.146 e. The molecule has 1 aromatic carbocycles. The van der Waals surface area contributed by atoms with Crippen molar-refractivity contribution in [3.05, 3.63) is 41.5 Å². The van der Waals surface area contributed by atoms with Crippen molar-refractivity contribution in [1.29, 1.82) is 10.5 Å². The predicted molar refractivity (Wildman–Crippen MR) is 73.6 cm³/mol. The highest BCUT2D eigenvalue weighted by molar-refractivity contribution is 5.56. The van der Waals surface area contributed by atoms with Crippen LogP contribution in [0.4, 0.5) is 5.69 Å². The van der Waals surface area contributed by atoms with Gasteiger partial charge in [0.25, 0.3) is 0 Å². The van der Waals surface area contributed by atoms with Crippen molar-refractivity contribution < 1.29 is 0 Å². The van der Waals surface area contributed by atoms with Crippen molar-refractivity contribution in [3.63, 3.8) is 0 Å². The van der Waals surface area contributed by atoms with Crippen molar-refractivity contribution >= 4 is 5.69 Å². The van der Waals surface area contributed by atoms with Crippen LogP contribution in [-0.4, -0.2) is 14.8 Å². The van der Waals surface area contributed by atoms with Gasteiger partial charge in [0.05, 0.1) is 17.7 Å². The van der Waals surface area contributed by atoms with Gasteiger partial charge in [0, 0.05) is 11.7 Å². The van der Waals surface area contributed by atoms with Crippen LogP contribution in [0.15, 0.2) is 24.5 Å². The molecule has 6 nitrogen and oxygen atoms in total. The van der Waals surface area contributed by atoms with Crippen LogP contribution in [-0.2, 0) is 6.54 Å². The fraction of sp³-hybridized carbons (Fsp3) is 0.286. The van der Waals surface area contributed by atoms with Crippen LogP contribution < -0.4 is 5.32 Å². The lowest BCUT2D eigenvalue weighted by molar-refractivity contribution is 0.509. The third-order valence-corrected chi connectivity index (χ3v) is 2.85. The molecule has 100 valence electrons. The zero-order chi connectivity index (χ0) is 14.5. The highest BCUT2D eigenvalue weighted by atomic mass is 15.3. The van der Waals surface area contributed by atoms with Gasteiger partial charge in [-0.2, -0.15) is 15.6 Å². The highest BCUT2D eigenvalue weighted by Gasteiger charge is 2.08. The number of nitriles is 2. The number of anilines is 1. The Morgan fingerprint density at radius 2 is 2.00 bits per heavy atom. The maximum Gasteiger partial charge on any atom is 0.146 e. The van der Waals surface area contributed by atoms with Gasteiger partial charge in [0.1, 0.15) is 24.3 Å². The van der Waals surface area contributed by atoms with E-state index in [1.165, 1.54) is 6.33 Å². The molecule has 1 heterocycles. The Balaban J connectivity index is 2.14. The number of nitrogens with one attached hydrogen (secondary N) is 1. The van der Waals surface area contributed by atoms with Crippen molar-refractivity contribution in [2.75, 3.05) is 5.32 Å². The fourth-order valence-electron chi connectivity index (χ4n) is 1.86. The first-order valence-corrected chi connectivity index (χ1v) is 6.22. The standard InChI is InChI=1S/C14H14N6/c1-10(2)20-14(18-9-19-20)8-17-13-4-3-11(6-15)12(5-13)7-16/h3-5,9-10,17H,8H2,1-2H3. The van der Waals surface area contributed by atoms with E-state index in [1.807, 2.05) is 30.7 Å². The number of nitrogens with zero attached hydrogens (tertiary/aromatic N) is 5. The van der Waals surface area contributed by atoms with Crippen molar-refractivity contribution in [2.24, 2.45) is 0 Å². The van der Waals surface area contributed by atoms with Gasteiger partial charge in [-0.1, -0.05) is 0 Å². The number of aromatic nitrogens is 3. The summed E-state index contributed by atoms with van der Waals surface area (Å²) in [6.07, 6.45) is 1.52. The molecule has 0 fully saturated rings. The summed E-state index contributed by atoms with van der Waals surface area (Å²) >= 11 is 0. The van der Waals surface area contributed by atoms with Crippen LogP contribution in [0.3, 0.4) is 0 Å². The lowest BCUT2D eigenvalue weighted by atomic mass is 10.1. The van der Waals surface area contributed by atoms with E-state index in [1.54, 1.807) is 18.2 Å². The summed E-state index contributed by atoms with van der Waals surface area (Å²) in [6.45, 7) is 4.58. The Labute approximate surface area is 117 Å². The molecular formula is C14H14N6. The van der Waals surface area contributed by atoms with E-state index in [0.29, 0.717) is 17.7 Å². The largest absolute Gasteiger partial charge is 0.378 e. The first kappa shape index (κ1) is 13.6. The highest BCUT2D eigenvalue weighted by Crippen LogP contribution is 2.15. The number of rotatable bonds is 4. The van der Waals surface area contributed by atoms with Gasteiger partial charge in [-0.3, -0.25) is 0 Å². The van der Waals surface area contributed by atoms with Gasteiger partial charge in [0.15, 0.2) is 0 Å². The summed E-state index contributed by atoms with van der Waals surface area (Å²) in [4.78, 5) is 4.20. The Hall–Kier alpha value is -2.86. The van der Waals surface area contributed by atoms with Crippen molar-refractivity contribution in [1.82, 2.24) is 14.8 Å². The topological polar surface area (TPSA) is 90.3 Å². The Kier molecular flexibility index (Phi) is 3.97. The van der Waals surface area contributed by atoms with Crippen molar-refractivity contribution in [3.8, 4) is 12.1 Å². The second-order valence-electron chi connectivity index (χ2n) is 4.55. The monoisotopic (exact) mass is 266 g/mol. The molecule has 0 aliphatic carbocycles. The second kappa shape index (κ2) is 5.85. The van der Waals surface area contributed by atoms with Gasteiger partial charge in [-0.05, 0) is 32.0 Å². The summed E-state index contributed by atoms with van der Waals surface area (Å²) < 4.78 is 1.84. The van der Waals surface area contributed by atoms with E-state index < -0.39 is 0 Å². The fourth-order valence-corrected chi connectivity index (χ4v) is 1.86. The summed E-state index contributed by atoms with van der Waals surface area (Å²) in [5.41, 5.74) is 1.52. The van der Waals surface area contributed by atoms with Crippen LogP contribution >= 0.6 is 0 Å². The quantitative estimate of drug-likeness (QED) is 0.916. The molecule has 0 unspecified atom stereocenters. The van der Waals surface area contributed by atoms with Gasteiger partial charge in [0.2, 0.25) is 0 Å². The summed E-state index contributed by atoms with van der Waals surface area (Å²) in [6, 6.07) is 9.31. The molecule has 0 spiro atoms. The summed E-state index contributed by atoms with van der Waals surface area (Å²) in [5.74, 6) is 0.822. The van der Waals surface area contributed by atoms with Gasteiger partial charge in [-0.25, -0.2) is 9.67 Å². The average Bonchev–Trinajstić information content (AvgIpc) is 2.93. The maximum absolute atomic E-state index is 8.99. The predicted octanol–water partition coefficient (Wildman–Crippen LogP) is 2.21. The molecule has 2 aromatic rings. The average molecular weight is 266 g/mol. The van der Waals surface area contributed by atoms with Crippen LogP contribution in [0.25, 0.3) is 0 Å². The Bertz CT molecular complexity index is 686. The zero-order valence-electron chi connectivity index (χ0n) is 11.3. The minimum absolute atomic E-state index is 0.241. The van der Waals surface area contributed by atoms with Crippen LogP contribution in [0.1, 0.15) is 36.8 Å². The van der Waals surface area contributed by atoms with E-state index in [0.717, 1.165) is 11.5 Å². The van der Waals surface area contributed by atoms with Crippen molar-refractivity contribution in [2.45, 2.75) is 26.4 Å². The minimum atomic E-state index is 0.241. The summed E-state index contributed by atoms with van der Waals surface area (Å²) in [5, 5.41) is 25.2.